The largest absolute Gasteiger partial charge is 0.465 e. The van der Waals surface area contributed by atoms with Crippen molar-refractivity contribution < 1.29 is 33.4 Å². The first kappa shape index (κ1) is 22.0. The molecule has 0 fully saturated rings. The number of hydrogen-bond donors (Lipinski definition) is 1. The first-order chi connectivity index (χ1) is 14.3. The molecule has 2 aromatic heterocycles. The van der Waals surface area contributed by atoms with Crippen LogP contribution in [0.2, 0.25) is 0 Å². The molecule has 3 rings (SSSR count). The lowest BCUT2D eigenvalue weighted by Gasteiger charge is -2.08. The maximum Gasteiger partial charge on any atom is 0.348 e. The Balaban J connectivity index is 1.68. The molecule has 1 aliphatic rings. The van der Waals surface area contributed by atoms with Crippen LogP contribution < -0.4 is 5.32 Å². The minimum absolute atomic E-state index is 0.0634. The normalized spacial score (nSPS) is 12.6. The van der Waals surface area contributed by atoms with Crippen molar-refractivity contribution in [1.82, 2.24) is 0 Å². The second kappa shape index (κ2) is 9.40. The molecule has 10 heteroatoms. The number of methoxy groups -OCH3 is 2. The van der Waals surface area contributed by atoms with Crippen molar-refractivity contribution in [3.8, 4) is 0 Å². The SMILES string of the molecule is COC(=O)c1sc(NC(=O)COC(=O)c2cc3c(s2)CCCC3)c(C(=O)OC)c1C. The van der Waals surface area contributed by atoms with Crippen molar-refractivity contribution in [2.75, 3.05) is 26.1 Å². The van der Waals surface area contributed by atoms with E-state index in [0.29, 0.717) is 10.4 Å². The third kappa shape index (κ3) is 4.54. The Morgan fingerprint density at radius 3 is 2.37 bits per heavy atom. The van der Waals surface area contributed by atoms with Crippen LogP contribution >= 0.6 is 22.7 Å². The molecule has 0 spiro atoms. The fourth-order valence-corrected chi connectivity index (χ4v) is 5.47. The van der Waals surface area contributed by atoms with Crippen LogP contribution in [0, 0.1) is 6.92 Å². The summed E-state index contributed by atoms with van der Waals surface area (Å²) in [5.41, 5.74) is 1.58. The molecule has 1 amide bonds. The van der Waals surface area contributed by atoms with Gasteiger partial charge in [0.25, 0.3) is 5.91 Å². The molecule has 0 aromatic carbocycles. The van der Waals surface area contributed by atoms with Crippen LogP contribution in [0.15, 0.2) is 6.07 Å². The molecule has 30 heavy (non-hydrogen) atoms. The average molecular weight is 452 g/mol. The molecular weight excluding hydrogens is 430 g/mol. The molecule has 0 atom stereocenters. The molecule has 1 aliphatic carbocycles. The number of hydrogen-bond acceptors (Lipinski definition) is 9. The number of nitrogens with one attached hydrogen (secondary N) is 1. The maximum absolute atomic E-state index is 12.3. The van der Waals surface area contributed by atoms with Gasteiger partial charge in [-0.3, -0.25) is 4.79 Å². The van der Waals surface area contributed by atoms with Gasteiger partial charge >= 0.3 is 17.9 Å². The third-order valence-corrected chi connectivity index (χ3v) is 7.10. The van der Waals surface area contributed by atoms with E-state index in [2.05, 4.69) is 5.32 Å². The lowest BCUT2D eigenvalue weighted by Crippen LogP contribution is -2.21. The second-order valence-corrected chi connectivity index (χ2v) is 8.79. The number of fused-ring (bicyclic) bond motifs is 1. The van der Waals surface area contributed by atoms with Gasteiger partial charge in [-0.1, -0.05) is 0 Å². The summed E-state index contributed by atoms with van der Waals surface area (Å²) in [6, 6.07) is 1.83. The van der Waals surface area contributed by atoms with Crippen LogP contribution in [0.4, 0.5) is 5.00 Å². The molecule has 0 saturated heterocycles. The fourth-order valence-electron chi connectivity index (χ4n) is 3.19. The van der Waals surface area contributed by atoms with Crippen LogP contribution in [-0.4, -0.2) is 44.6 Å². The monoisotopic (exact) mass is 451 g/mol. The van der Waals surface area contributed by atoms with Crippen molar-refractivity contribution in [3.05, 3.63) is 37.4 Å². The number of rotatable bonds is 6. The van der Waals surface area contributed by atoms with E-state index in [1.807, 2.05) is 6.07 Å². The standard InChI is InChI=1S/C20H21NO7S2/c1-10-15(19(24)26-2)17(30-16(10)20(25)27-3)21-14(22)9-28-18(23)13-8-11-6-4-5-7-12(11)29-13/h8H,4-7,9H2,1-3H3,(H,21,22). The van der Waals surface area contributed by atoms with Gasteiger partial charge < -0.3 is 19.5 Å². The van der Waals surface area contributed by atoms with Gasteiger partial charge in [0.1, 0.15) is 14.8 Å². The minimum Gasteiger partial charge on any atom is -0.465 e. The third-order valence-electron chi connectivity index (χ3n) is 4.69. The summed E-state index contributed by atoms with van der Waals surface area (Å²) >= 11 is 2.30. The van der Waals surface area contributed by atoms with E-state index in [-0.39, 0.29) is 15.4 Å². The highest BCUT2D eigenvalue weighted by atomic mass is 32.1. The van der Waals surface area contributed by atoms with Gasteiger partial charge in [-0.2, -0.15) is 0 Å². The molecule has 0 aliphatic heterocycles. The van der Waals surface area contributed by atoms with E-state index in [9.17, 15) is 19.2 Å². The summed E-state index contributed by atoms with van der Waals surface area (Å²) in [6.45, 7) is 1.04. The van der Waals surface area contributed by atoms with Gasteiger partial charge in [-0.25, -0.2) is 14.4 Å². The second-order valence-electron chi connectivity index (χ2n) is 6.63. The molecule has 160 valence electrons. The smallest absolute Gasteiger partial charge is 0.348 e. The van der Waals surface area contributed by atoms with E-state index in [1.165, 1.54) is 36.0 Å². The summed E-state index contributed by atoms with van der Waals surface area (Å²) in [4.78, 5) is 50.5. The molecule has 2 aromatic rings. The number of anilines is 1. The Morgan fingerprint density at radius 1 is 1.00 bits per heavy atom. The van der Waals surface area contributed by atoms with Gasteiger partial charge in [0.15, 0.2) is 6.61 Å². The van der Waals surface area contributed by atoms with Crippen molar-refractivity contribution in [1.29, 1.82) is 0 Å². The van der Waals surface area contributed by atoms with Crippen molar-refractivity contribution in [2.24, 2.45) is 0 Å². The molecule has 0 saturated carbocycles. The zero-order valence-electron chi connectivity index (χ0n) is 16.8. The Labute approximate surface area is 181 Å². The molecule has 1 N–H and O–H groups in total. The lowest BCUT2D eigenvalue weighted by atomic mass is 9.99. The van der Waals surface area contributed by atoms with Gasteiger partial charge in [-0.15, -0.1) is 22.7 Å². The average Bonchev–Trinajstić information content (AvgIpc) is 3.32. The highest BCUT2D eigenvalue weighted by molar-refractivity contribution is 7.18. The van der Waals surface area contributed by atoms with Crippen molar-refractivity contribution >= 4 is 51.5 Å². The number of amides is 1. The zero-order valence-corrected chi connectivity index (χ0v) is 18.4. The van der Waals surface area contributed by atoms with E-state index >= 15 is 0 Å². The Bertz CT molecular complexity index is 982. The maximum atomic E-state index is 12.3. The number of carbonyl (C=O) groups excluding carboxylic acids is 4. The molecular formula is C20H21NO7S2. The van der Waals surface area contributed by atoms with Crippen LogP contribution in [-0.2, 0) is 31.8 Å². The molecule has 0 radical (unpaired) electrons. The van der Waals surface area contributed by atoms with E-state index in [4.69, 9.17) is 14.2 Å². The van der Waals surface area contributed by atoms with Gasteiger partial charge in [-0.05, 0) is 49.8 Å². The topological polar surface area (TPSA) is 108 Å². The summed E-state index contributed by atoms with van der Waals surface area (Å²) in [5, 5.41) is 2.65. The summed E-state index contributed by atoms with van der Waals surface area (Å²) in [7, 11) is 2.42. The predicted octanol–water partition coefficient (Wildman–Crippen LogP) is 3.37. The van der Waals surface area contributed by atoms with E-state index in [1.54, 1.807) is 6.92 Å². The Hall–Kier alpha value is -2.72. The molecule has 0 unspecified atom stereocenters. The molecule has 2 heterocycles. The highest BCUT2D eigenvalue weighted by Crippen LogP contribution is 2.34. The number of carbonyl (C=O) groups is 4. The Morgan fingerprint density at radius 2 is 1.70 bits per heavy atom. The van der Waals surface area contributed by atoms with Crippen molar-refractivity contribution in [2.45, 2.75) is 32.6 Å². The number of esters is 3. The first-order valence-corrected chi connectivity index (χ1v) is 10.9. The van der Waals surface area contributed by atoms with Crippen LogP contribution in [0.1, 0.15) is 58.5 Å². The lowest BCUT2D eigenvalue weighted by molar-refractivity contribution is -0.119. The first-order valence-electron chi connectivity index (χ1n) is 9.24. The summed E-state index contributed by atoms with van der Waals surface area (Å²) in [6.07, 6.45) is 4.14. The van der Waals surface area contributed by atoms with Gasteiger partial charge in [0, 0.05) is 4.88 Å². The van der Waals surface area contributed by atoms with E-state index in [0.717, 1.165) is 37.0 Å². The van der Waals surface area contributed by atoms with Gasteiger partial charge in [0.2, 0.25) is 0 Å². The fraction of sp³-hybridized carbons (Fsp3) is 0.400. The minimum atomic E-state index is -0.699. The zero-order chi connectivity index (χ0) is 21.8. The number of aryl methyl sites for hydroxylation is 2. The van der Waals surface area contributed by atoms with E-state index < -0.39 is 30.4 Å². The van der Waals surface area contributed by atoms with Crippen LogP contribution in [0.25, 0.3) is 0 Å². The van der Waals surface area contributed by atoms with Crippen LogP contribution in [0.3, 0.4) is 0 Å². The highest BCUT2D eigenvalue weighted by Gasteiger charge is 2.27. The summed E-state index contributed by atoms with van der Waals surface area (Å²) in [5.74, 6) is -2.52. The molecule has 8 nitrogen and oxygen atoms in total. The number of ether oxygens (including phenoxy) is 3. The van der Waals surface area contributed by atoms with Gasteiger partial charge in [0.05, 0.1) is 19.8 Å². The molecule has 0 bridgehead atoms. The number of thiophene rings is 2. The van der Waals surface area contributed by atoms with Crippen LogP contribution in [0.5, 0.6) is 0 Å². The van der Waals surface area contributed by atoms with Crippen molar-refractivity contribution in [3.63, 3.8) is 0 Å². The summed E-state index contributed by atoms with van der Waals surface area (Å²) < 4.78 is 14.6. The Kier molecular flexibility index (Phi) is 6.88. The predicted molar refractivity (Wildman–Crippen MR) is 112 cm³/mol. The quantitative estimate of drug-likeness (QED) is 0.530.